The Balaban J connectivity index is 2.61. The minimum atomic E-state index is -1.17. The first-order valence-electron chi connectivity index (χ1n) is 6.67. The summed E-state index contributed by atoms with van der Waals surface area (Å²) in [4.78, 5) is 36.0. The van der Waals surface area contributed by atoms with E-state index in [0.29, 0.717) is 12.8 Å². The van der Waals surface area contributed by atoms with E-state index in [1.54, 1.807) is 6.92 Å². The first kappa shape index (κ1) is 16.3. The number of nitrogens with zero attached hydrogens (tertiary/aromatic N) is 1. The average Bonchev–Trinajstić information content (AvgIpc) is 2.87. The third kappa shape index (κ3) is 3.61. The first-order chi connectivity index (χ1) is 9.32. The molecule has 0 aromatic carbocycles. The Hall–Kier alpha value is -1.79. The topological polar surface area (TPSA) is 95.9 Å². The Morgan fingerprint density at radius 1 is 1.35 bits per heavy atom. The highest BCUT2D eigenvalue weighted by molar-refractivity contribution is 5.86. The Kier molecular flexibility index (Phi) is 5.35. The normalized spacial score (nSPS) is 18.1. The zero-order chi connectivity index (χ0) is 15.3. The van der Waals surface area contributed by atoms with Crippen molar-refractivity contribution in [2.45, 2.75) is 38.1 Å². The van der Waals surface area contributed by atoms with E-state index in [1.165, 1.54) is 19.1 Å². The van der Waals surface area contributed by atoms with Crippen molar-refractivity contribution in [2.24, 2.45) is 5.92 Å². The molecule has 0 heterocycles. The summed E-state index contributed by atoms with van der Waals surface area (Å²) in [7, 11) is 2.82. The van der Waals surface area contributed by atoms with E-state index >= 15 is 0 Å². The quantitative estimate of drug-likeness (QED) is 0.730. The molecule has 1 fully saturated rings. The number of hydrogen-bond acceptors (Lipinski definition) is 4. The van der Waals surface area contributed by atoms with Crippen molar-refractivity contribution in [3.63, 3.8) is 0 Å². The number of aliphatic carboxylic acids is 1. The number of hydrogen-bond donors (Lipinski definition) is 2. The maximum absolute atomic E-state index is 12.1. The second-order valence-electron chi connectivity index (χ2n) is 5.33. The Labute approximate surface area is 118 Å². The Morgan fingerprint density at radius 3 is 2.35 bits per heavy atom. The van der Waals surface area contributed by atoms with Crippen LogP contribution in [-0.2, 0) is 14.3 Å². The van der Waals surface area contributed by atoms with Crippen molar-refractivity contribution in [3.8, 4) is 0 Å². The van der Waals surface area contributed by atoms with Crippen LogP contribution in [0.1, 0.15) is 32.6 Å². The molecule has 20 heavy (non-hydrogen) atoms. The minimum absolute atomic E-state index is 0.175. The van der Waals surface area contributed by atoms with Gasteiger partial charge in [-0.05, 0) is 12.8 Å². The van der Waals surface area contributed by atoms with Crippen LogP contribution in [0.2, 0.25) is 0 Å². The molecule has 1 atom stereocenters. The summed E-state index contributed by atoms with van der Waals surface area (Å²) in [5.74, 6) is -1.86. The van der Waals surface area contributed by atoms with Gasteiger partial charge in [0.1, 0.15) is 5.54 Å². The highest BCUT2D eigenvalue weighted by atomic mass is 16.5. The summed E-state index contributed by atoms with van der Waals surface area (Å²) in [5.41, 5.74) is -1.17. The second-order valence-corrected chi connectivity index (χ2v) is 5.33. The lowest BCUT2D eigenvalue weighted by molar-refractivity contribution is -0.146. The standard InChI is InChI=1S/C13H22N2O5/c1-9(10(16)20-3)8-15(2)12(19)14-13(11(17)18)6-4-5-7-13/h9H,4-8H2,1-3H3,(H,14,19)(H,17,18). The van der Waals surface area contributed by atoms with Crippen LogP contribution in [0, 0.1) is 5.92 Å². The minimum Gasteiger partial charge on any atom is -0.480 e. The summed E-state index contributed by atoms with van der Waals surface area (Å²) in [6, 6.07) is -0.481. The SMILES string of the molecule is COC(=O)C(C)CN(C)C(=O)NC1(C(=O)O)CCCC1. The molecule has 1 unspecified atom stereocenters. The Bertz CT molecular complexity index is 390. The molecule has 114 valence electrons. The number of esters is 1. The summed E-state index contributed by atoms with van der Waals surface area (Å²) < 4.78 is 4.59. The van der Waals surface area contributed by atoms with Gasteiger partial charge in [-0.25, -0.2) is 9.59 Å². The number of carboxylic acids is 1. The van der Waals surface area contributed by atoms with Gasteiger partial charge in [-0.15, -0.1) is 0 Å². The fraction of sp³-hybridized carbons (Fsp3) is 0.769. The second kappa shape index (κ2) is 6.58. The van der Waals surface area contributed by atoms with Crippen molar-refractivity contribution in [3.05, 3.63) is 0 Å². The number of urea groups is 1. The highest BCUT2D eigenvalue weighted by Gasteiger charge is 2.43. The molecule has 1 saturated carbocycles. The number of carbonyl (C=O) groups excluding carboxylic acids is 2. The maximum atomic E-state index is 12.1. The molecule has 0 saturated heterocycles. The van der Waals surface area contributed by atoms with E-state index in [-0.39, 0.29) is 6.54 Å². The molecular weight excluding hydrogens is 264 g/mol. The van der Waals surface area contributed by atoms with Gasteiger partial charge in [-0.3, -0.25) is 4.79 Å². The van der Waals surface area contributed by atoms with Crippen molar-refractivity contribution in [1.82, 2.24) is 10.2 Å². The molecule has 7 nitrogen and oxygen atoms in total. The van der Waals surface area contributed by atoms with Gasteiger partial charge >= 0.3 is 18.0 Å². The van der Waals surface area contributed by atoms with Crippen LogP contribution in [-0.4, -0.2) is 54.2 Å². The molecule has 2 amide bonds. The molecule has 0 radical (unpaired) electrons. The van der Waals surface area contributed by atoms with Crippen LogP contribution >= 0.6 is 0 Å². The van der Waals surface area contributed by atoms with Gasteiger partial charge in [0.25, 0.3) is 0 Å². The number of nitrogens with one attached hydrogen (secondary N) is 1. The summed E-state index contributed by atoms with van der Waals surface area (Å²) in [6.07, 6.45) is 2.45. The van der Waals surface area contributed by atoms with E-state index in [2.05, 4.69) is 10.1 Å². The van der Waals surface area contributed by atoms with E-state index in [9.17, 15) is 19.5 Å². The van der Waals surface area contributed by atoms with E-state index in [0.717, 1.165) is 12.8 Å². The average molecular weight is 286 g/mol. The van der Waals surface area contributed by atoms with Crippen LogP contribution in [0.25, 0.3) is 0 Å². The fourth-order valence-electron chi connectivity index (χ4n) is 2.44. The van der Waals surface area contributed by atoms with Gasteiger partial charge in [0, 0.05) is 13.6 Å². The molecule has 7 heteroatoms. The summed E-state index contributed by atoms with van der Waals surface area (Å²) in [6.45, 7) is 1.83. The third-order valence-electron chi connectivity index (χ3n) is 3.71. The highest BCUT2D eigenvalue weighted by Crippen LogP contribution is 2.30. The lowest BCUT2D eigenvalue weighted by Gasteiger charge is -2.29. The van der Waals surface area contributed by atoms with Crippen LogP contribution in [0.15, 0.2) is 0 Å². The van der Waals surface area contributed by atoms with Gasteiger partial charge < -0.3 is 20.1 Å². The Morgan fingerprint density at radius 2 is 1.90 bits per heavy atom. The number of rotatable bonds is 5. The number of carbonyl (C=O) groups is 3. The van der Waals surface area contributed by atoms with Crippen LogP contribution in [0.5, 0.6) is 0 Å². The van der Waals surface area contributed by atoms with E-state index in [4.69, 9.17) is 0 Å². The molecule has 0 aliphatic heterocycles. The molecule has 1 aliphatic carbocycles. The van der Waals surface area contributed by atoms with Gasteiger partial charge in [0.2, 0.25) is 0 Å². The zero-order valence-corrected chi connectivity index (χ0v) is 12.1. The number of carboxylic acid groups (broad SMARTS) is 1. The zero-order valence-electron chi connectivity index (χ0n) is 12.1. The maximum Gasteiger partial charge on any atom is 0.329 e. The summed E-state index contributed by atoms with van der Waals surface area (Å²) >= 11 is 0. The number of amides is 2. The third-order valence-corrected chi connectivity index (χ3v) is 3.71. The van der Waals surface area contributed by atoms with Crippen molar-refractivity contribution in [2.75, 3.05) is 20.7 Å². The molecule has 2 N–H and O–H groups in total. The van der Waals surface area contributed by atoms with Crippen LogP contribution in [0.4, 0.5) is 4.79 Å². The lowest BCUT2D eigenvalue weighted by Crippen LogP contribution is -2.56. The number of methoxy groups -OCH3 is 1. The van der Waals surface area contributed by atoms with Gasteiger partial charge in [-0.2, -0.15) is 0 Å². The molecule has 0 aromatic heterocycles. The van der Waals surface area contributed by atoms with Crippen LogP contribution in [0.3, 0.4) is 0 Å². The molecule has 0 aromatic rings. The van der Waals surface area contributed by atoms with Crippen molar-refractivity contribution < 1.29 is 24.2 Å². The monoisotopic (exact) mass is 286 g/mol. The molecular formula is C13H22N2O5. The van der Waals surface area contributed by atoms with Gasteiger partial charge in [0.05, 0.1) is 13.0 Å². The first-order valence-corrected chi connectivity index (χ1v) is 6.67. The van der Waals surface area contributed by atoms with Gasteiger partial charge in [-0.1, -0.05) is 19.8 Å². The lowest BCUT2D eigenvalue weighted by atomic mass is 9.98. The van der Waals surface area contributed by atoms with Gasteiger partial charge in [0.15, 0.2) is 0 Å². The predicted molar refractivity (Wildman–Crippen MR) is 71.2 cm³/mol. The van der Waals surface area contributed by atoms with Crippen molar-refractivity contribution >= 4 is 18.0 Å². The van der Waals surface area contributed by atoms with Crippen LogP contribution < -0.4 is 5.32 Å². The van der Waals surface area contributed by atoms with Crippen molar-refractivity contribution in [1.29, 1.82) is 0 Å². The smallest absolute Gasteiger partial charge is 0.329 e. The predicted octanol–water partition coefficient (Wildman–Crippen LogP) is 0.834. The largest absolute Gasteiger partial charge is 0.480 e. The summed E-state index contributed by atoms with van der Waals surface area (Å²) in [5, 5.41) is 11.9. The molecule has 0 spiro atoms. The molecule has 1 aliphatic rings. The fourth-order valence-corrected chi connectivity index (χ4v) is 2.44. The van der Waals surface area contributed by atoms with E-state index < -0.39 is 29.4 Å². The number of ether oxygens (including phenoxy) is 1. The van der Waals surface area contributed by atoms with E-state index in [1.807, 2.05) is 0 Å². The molecule has 1 rings (SSSR count). The molecule has 0 bridgehead atoms.